The first-order chi connectivity index (χ1) is 13.1. The van der Waals surface area contributed by atoms with Crippen molar-refractivity contribution in [3.05, 3.63) is 65.8 Å². The fourth-order valence-corrected chi connectivity index (χ4v) is 2.24. The van der Waals surface area contributed by atoms with E-state index in [1.807, 2.05) is 6.07 Å². The molecule has 0 unspecified atom stereocenters. The lowest BCUT2D eigenvalue weighted by atomic mass is 10.1. The van der Waals surface area contributed by atoms with Gasteiger partial charge in [-0.25, -0.2) is 4.79 Å². The summed E-state index contributed by atoms with van der Waals surface area (Å²) in [6.45, 7) is 0.968. The Morgan fingerprint density at radius 1 is 1.07 bits per heavy atom. The Bertz CT molecular complexity index is 947. The minimum atomic E-state index is -0.764. The number of ether oxygens (including phenoxy) is 1. The molecule has 2 N–H and O–H groups in total. The summed E-state index contributed by atoms with van der Waals surface area (Å²) in [5, 5.41) is 3.88. The van der Waals surface area contributed by atoms with Crippen LogP contribution in [0.2, 0.25) is 0 Å². The number of aromatic nitrogens is 1. The van der Waals surface area contributed by atoms with Crippen LogP contribution in [0.3, 0.4) is 0 Å². The van der Waals surface area contributed by atoms with Crippen molar-refractivity contribution in [2.45, 2.75) is 6.92 Å². The lowest BCUT2D eigenvalue weighted by Gasteiger charge is -2.07. The third-order valence-electron chi connectivity index (χ3n) is 3.51. The molecule has 3 aromatic rings. The van der Waals surface area contributed by atoms with Crippen LogP contribution in [0.15, 0.2) is 57.7 Å². The van der Waals surface area contributed by atoms with E-state index in [1.54, 1.807) is 31.2 Å². The normalized spacial score (nSPS) is 10.3. The quantitative estimate of drug-likeness (QED) is 0.520. The predicted molar refractivity (Wildman–Crippen MR) is 91.3 cm³/mol. The number of hydrogen-bond donors (Lipinski definition) is 2. The van der Waals surface area contributed by atoms with E-state index in [0.29, 0.717) is 11.3 Å². The number of amides is 2. The predicted octanol–water partition coefficient (Wildman–Crippen LogP) is 1.86. The van der Waals surface area contributed by atoms with Gasteiger partial charge in [0, 0.05) is 5.56 Å². The number of aryl methyl sites for hydroxylation is 1. The number of carbonyl (C=O) groups excluding carboxylic acids is 3. The van der Waals surface area contributed by atoms with Crippen molar-refractivity contribution in [3.8, 4) is 11.3 Å². The molecule has 2 aromatic heterocycles. The molecule has 0 atom stereocenters. The number of hydrogen-bond acceptors (Lipinski definition) is 7. The molecule has 0 bridgehead atoms. The van der Waals surface area contributed by atoms with Gasteiger partial charge in [0.05, 0.1) is 6.26 Å². The van der Waals surface area contributed by atoms with E-state index in [2.05, 4.69) is 16.0 Å². The van der Waals surface area contributed by atoms with Gasteiger partial charge in [-0.3, -0.25) is 20.4 Å². The average molecular weight is 369 g/mol. The topological polar surface area (TPSA) is 124 Å². The number of nitrogens with one attached hydrogen (secondary N) is 2. The van der Waals surface area contributed by atoms with E-state index >= 15 is 0 Å². The molecule has 0 saturated heterocycles. The number of rotatable bonds is 5. The van der Waals surface area contributed by atoms with Crippen molar-refractivity contribution < 1.29 is 28.1 Å². The monoisotopic (exact) mass is 369 g/mol. The fraction of sp³-hybridized carbons (Fsp3) is 0.111. The fourth-order valence-electron chi connectivity index (χ4n) is 2.24. The van der Waals surface area contributed by atoms with Gasteiger partial charge < -0.3 is 13.7 Å². The van der Waals surface area contributed by atoms with Crippen LogP contribution >= 0.6 is 0 Å². The first-order valence-electron chi connectivity index (χ1n) is 7.87. The molecule has 0 radical (unpaired) electrons. The van der Waals surface area contributed by atoms with Crippen molar-refractivity contribution in [1.29, 1.82) is 0 Å². The van der Waals surface area contributed by atoms with Gasteiger partial charge in [-0.2, -0.15) is 0 Å². The molecule has 0 saturated carbocycles. The van der Waals surface area contributed by atoms with Crippen LogP contribution in [0.1, 0.15) is 26.7 Å². The van der Waals surface area contributed by atoms with Crippen LogP contribution in [0.5, 0.6) is 0 Å². The second kappa shape index (κ2) is 8.00. The molecule has 138 valence electrons. The Hall–Kier alpha value is -3.88. The maximum absolute atomic E-state index is 12.3. The van der Waals surface area contributed by atoms with Crippen molar-refractivity contribution in [2.75, 3.05) is 6.61 Å². The highest BCUT2D eigenvalue weighted by atomic mass is 16.5. The molecule has 9 nitrogen and oxygen atoms in total. The molecular weight excluding hydrogens is 354 g/mol. The lowest BCUT2D eigenvalue weighted by Crippen LogP contribution is -2.43. The molecule has 0 aliphatic carbocycles. The number of benzene rings is 1. The van der Waals surface area contributed by atoms with E-state index < -0.39 is 24.4 Å². The third kappa shape index (κ3) is 4.21. The number of esters is 1. The van der Waals surface area contributed by atoms with Gasteiger partial charge in [-0.05, 0) is 19.1 Å². The smallest absolute Gasteiger partial charge is 0.344 e. The van der Waals surface area contributed by atoms with Crippen molar-refractivity contribution in [3.63, 3.8) is 0 Å². The van der Waals surface area contributed by atoms with E-state index in [0.717, 1.165) is 0 Å². The molecular formula is C18H15N3O6. The Labute approximate surface area is 153 Å². The average Bonchev–Trinajstić information content (AvgIpc) is 3.35. The van der Waals surface area contributed by atoms with Gasteiger partial charge in [0.15, 0.2) is 12.4 Å². The maximum Gasteiger partial charge on any atom is 0.344 e. The number of hydrazine groups is 1. The van der Waals surface area contributed by atoms with Gasteiger partial charge in [0.2, 0.25) is 0 Å². The van der Waals surface area contributed by atoms with E-state index in [4.69, 9.17) is 13.7 Å². The third-order valence-corrected chi connectivity index (χ3v) is 3.51. The Balaban J connectivity index is 1.57. The number of nitrogens with zero attached hydrogens (tertiary/aromatic N) is 1. The SMILES string of the molecule is Cc1onc(-c2ccccc2)c1C(=O)OCC(=O)NNC(=O)c1ccco1. The van der Waals surface area contributed by atoms with Gasteiger partial charge in [0.1, 0.15) is 17.0 Å². The first-order valence-corrected chi connectivity index (χ1v) is 7.87. The summed E-state index contributed by atoms with van der Waals surface area (Å²) in [5.74, 6) is -1.83. The van der Waals surface area contributed by atoms with Crippen LogP contribution in [0.4, 0.5) is 0 Å². The van der Waals surface area contributed by atoms with Crippen molar-refractivity contribution in [1.82, 2.24) is 16.0 Å². The molecule has 27 heavy (non-hydrogen) atoms. The zero-order valence-electron chi connectivity index (χ0n) is 14.2. The summed E-state index contributed by atoms with van der Waals surface area (Å²) < 4.78 is 14.9. The Morgan fingerprint density at radius 2 is 1.85 bits per heavy atom. The summed E-state index contributed by atoms with van der Waals surface area (Å²) in [6, 6.07) is 11.9. The van der Waals surface area contributed by atoms with Gasteiger partial charge >= 0.3 is 11.9 Å². The summed E-state index contributed by atoms with van der Waals surface area (Å²) >= 11 is 0. The largest absolute Gasteiger partial charge is 0.459 e. The summed E-state index contributed by atoms with van der Waals surface area (Å²) in [7, 11) is 0. The van der Waals surface area contributed by atoms with Crippen LogP contribution in [0.25, 0.3) is 11.3 Å². The van der Waals surface area contributed by atoms with Crippen molar-refractivity contribution in [2.24, 2.45) is 0 Å². The van der Waals surface area contributed by atoms with Crippen LogP contribution in [0, 0.1) is 6.92 Å². The summed E-state index contributed by atoms with van der Waals surface area (Å²) in [6.07, 6.45) is 1.32. The number of furan rings is 1. The second-order valence-electron chi connectivity index (χ2n) is 5.38. The minimum absolute atomic E-state index is 0.0277. The zero-order valence-corrected chi connectivity index (χ0v) is 14.2. The summed E-state index contributed by atoms with van der Waals surface area (Å²) in [5.41, 5.74) is 5.39. The molecule has 1 aromatic carbocycles. The minimum Gasteiger partial charge on any atom is -0.459 e. The standard InChI is InChI=1S/C18H15N3O6/c1-11-15(16(21-27-11)12-6-3-2-4-7-12)18(24)26-10-14(22)19-20-17(23)13-8-5-9-25-13/h2-9H,10H2,1H3,(H,19,22)(H,20,23). The van der Waals surface area contributed by atoms with E-state index in [1.165, 1.54) is 18.4 Å². The Morgan fingerprint density at radius 3 is 2.56 bits per heavy atom. The molecule has 0 fully saturated rings. The molecule has 2 heterocycles. The van der Waals surface area contributed by atoms with Crippen molar-refractivity contribution >= 4 is 17.8 Å². The summed E-state index contributed by atoms with van der Waals surface area (Å²) in [4.78, 5) is 35.7. The molecule has 3 rings (SSSR count). The lowest BCUT2D eigenvalue weighted by molar-refractivity contribution is -0.125. The molecule has 0 spiro atoms. The van der Waals surface area contributed by atoms with Gasteiger partial charge in [-0.15, -0.1) is 0 Å². The first kappa shape index (κ1) is 17.9. The Kier molecular flexibility index (Phi) is 5.31. The van der Waals surface area contributed by atoms with Crippen LogP contribution in [-0.2, 0) is 9.53 Å². The molecule has 2 amide bonds. The molecule has 9 heteroatoms. The maximum atomic E-state index is 12.3. The van der Waals surface area contributed by atoms with E-state index in [9.17, 15) is 14.4 Å². The number of carbonyl (C=O) groups is 3. The highest BCUT2D eigenvalue weighted by Gasteiger charge is 2.23. The molecule has 0 aliphatic rings. The van der Waals surface area contributed by atoms with Gasteiger partial charge in [-0.1, -0.05) is 35.5 Å². The highest BCUT2D eigenvalue weighted by Crippen LogP contribution is 2.25. The molecule has 0 aliphatic heterocycles. The van der Waals surface area contributed by atoms with Gasteiger partial charge in [0.25, 0.3) is 5.91 Å². The van der Waals surface area contributed by atoms with Crippen LogP contribution < -0.4 is 10.9 Å². The van der Waals surface area contributed by atoms with Crippen LogP contribution in [-0.4, -0.2) is 29.5 Å². The van der Waals surface area contributed by atoms with E-state index in [-0.39, 0.29) is 17.1 Å². The highest BCUT2D eigenvalue weighted by molar-refractivity contribution is 5.98. The zero-order chi connectivity index (χ0) is 19.2. The second-order valence-corrected chi connectivity index (χ2v) is 5.38.